The molecular formula is C12H21NO5. The molecule has 6 heteroatoms. The van der Waals surface area contributed by atoms with Gasteiger partial charge in [-0.25, -0.2) is 9.59 Å². The average molecular weight is 259 g/mol. The van der Waals surface area contributed by atoms with Crippen LogP contribution >= 0.6 is 0 Å². The predicted octanol–water partition coefficient (Wildman–Crippen LogP) is 1.18. The molecule has 2 atom stereocenters. The van der Waals surface area contributed by atoms with E-state index in [0.29, 0.717) is 13.0 Å². The highest BCUT2D eigenvalue weighted by Gasteiger charge is 2.42. The molecule has 18 heavy (non-hydrogen) atoms. The first-order valence-electron chi connectivity index (χ1n) is 5.88. The Morgan fingerprint density at radius 1 is 1.22 bits per heavy atom. The summed E-state index contributed by atoms with van der Waals surface area (Å²) in [5.41, 5.74) is -0.594. The third-order valence-corrected chi connectivity index (χ3v) is 2.70. The molecule has 1 fully saturated rings. The van der Waals surface area contributed by atoms with Crippen molar-refractivity contribution >= 4 is 12.1 Å². The van der Waals surface area contributed by atoms with E-state index in [4.69, 9.17) is 14.2 Å². The molecule has 0 spiro atoms. The normalized spacial score (nSPS) is 23.9. The number of nitrogens with zero attached hydrogens (tertiary/aromatic N) is 1. The maximum absolute atomic E-state index is 12.0. The minimum absolute atomic E-state index is 0.165. The predicted molar refractivity (Wildman–Crippen MR) is 64.2 cm³/mol. The van der Waals surface area contributed by atoms with Gasteiger partial charge < -0.3 is 14.2 Å². The Morgan fingerprint density at radius 2 is 1.83 bits per heavy atom. The van der Waals surface area contributed by atoms with E-state index >= 15 is 0 Å². The molecule has 0 aromatic rings. The maximum Gasteiger partial charge on any atom is 0.411 e. The van der Waals surface area contributed by atoms with Gasteiger partial charge >= 0.3 is 12.1 Å². The highest BCUT2D eigenvalue weighted by molar-refractivity contribution is 5.82. The maximum atomic E-state index is 12.0. The third kappa shape index (κ3) is 3.60. The first-order chi connectivity index (χ1) is 8.28. The molecule has 1 aliphatic rings. The fourth-order valence-electron chi connectivity index (χ4n) is 1.85. The molecule has 1 rings (SSSR count). The second kappa shape index (κ2) is 5.56. The molecule has 0 bridgehead atoms. The number of likely N-dealkylation sites (tertiary alicyclic amines) is 1. The number of carbonyl (C=O) groups is 2. The molecule has 0 aliphatic carbocycles. The number of amides is 1. The van der Waals surface area contributed by atoms with E-state index in [1.807, 2.05) is 0 Å². The molecular weight excluding hydrogens is 238 g/mol. The Balaban J connectivity index is 2.77. The van der Waals surface area contributed by atoms with Gasteiger partial charge in [0.2, 0.25) is 0 Å². The largest absolute Gasteiger partial charge is 0.467 e. The Hall–Kier alpha value is -1.30. The Bertz CT molecular complexity index is 323. The lowest BCUT2D eigenvalue weighted by molar-refractivity contribution is -0.145. The minimum Gasteiger partial charge on any atom is -0.467 e. The van der Waals surface area contributed by atoms with Gasteiger partial charge in [-0.05, 0) is 20.8 Å². The van der Waals surface area contributed by atoms with Gasteiger partial charge in [-0.15, -0.1) is 0 Å². The molecule has 0 saturated carbocycles. The van der Waals surface area contributed by atoms with Gasteiger partial charge in [0.1, 0.15) is 11.6 Å². The zero-order chi connectivity index (χ0) is 13.9. The molecule has 0 aromatic carbocycles. The average Bonchev–Trinajstić information content (AvgIpc) is 2.69. The molecule has 1 saturated heterocycles. The number of carbonyl (C=O) groups excluding carboxylic acids is 2. The van der Waals surface area contributed by atoms with Crippen LogP contribution in [0.4, 0.5) is 4.79 Å². The summed E-state index contributed by atoms with van der Waals surface area (Å²) in [6.07, 6.45) is -0.248. The van der Waals surface area contributed by atoms with Crippen LogP contribution in [0, 0.1) is 0 Å². The van der Waals surface area contributed by atoms with Gasteiger partial charge in [-0.2, -0.15) is 0 Å². The monoisotopic (exact) mass is 259 g/mol. The van der Waals surface area contributed by atoms with Crippen LogP contribution in [-0.4, -0.2) is 55.5 Å². The van der Waals surface area contributed by atoms with Crippen LogP contribution in [0.25, 0.3) is 0 Å². The lowest BCUT2D eigenvalue weighted by Crippen LogP contribution is -2.44. The van der Waals surface area contributed by atoms with E-state index < -0.39 is 23.7 Å². The number of rotatable bonds is 2. The molecule has 1 heterocycles. The van der Waals surface area contributed by atoms with Crippen molar-refractivity contribution in [2.75, 3.05) is 20.8 Å². The van der Waals surface area contributed by atoms with E-state index in [1.165, 1.54) is 12.0 Å². The number of ether oxygens (including phenoxy) is 3. The standard InChI is InChI=1S/C12H21NO5/c1-12(2,3)18-11(15)13-7-8(16-4)6-9(13)10(14)17-5/h8-9H,6-7H2,1-5H3/t8?,9-/m1/s1. The number of hydrogen-bond acceptors (Lipinski definition) is 5. The van der Waals surface area contributed by atoms with Crippen LogP contribution in [0.3, 0.4) is 0 Å². The van der Waals surface area contributed by atoms with Crippen molar-refractivity contribution < 1.29 is 23.8 Å². The van der Waals surface area contributed by atoms with Crippen LogP contribution in [0.5, 0.6) is 0 Å². The molecule has 1 aliphatic heterocycles. The fourth-order valence-corrected chi connectivity index (χ4v) is 1.85. The fraction of sp³-hybridized carbons (Fsp3) is 0.833. The second-order valence-corrected chi connectivity index (χ2v) is 5.27. The summed E-state index contributed by atoms with van der Waals surface area (Å²) in [6, 6.07) is -0.630. The van der Waals surface area contributed by atoms with Crippen molar-refractivity contribution in [3.05, 3.63) is 0 Å². The number of methoxy groups -OCH3 is 2. The van der Waals surface area contributed by atoms with Crippen LogP contribution in [0.15, 0.2) is 0 Å². The van der Waals surface area contributed by atoms with Crippen LogP contribution in [0.1, 0.15) is 27.2 Å². The third-order valence-electron chi connectivity index (χ3n) is 2.70. The lowest BCUT2D eigenvalue weighted by Gasteiger charge is -2.27. The SMILES string of the molecule is COC(=O)[C@H]1CC(OC)CN1C(=O)OC(C)(C)C. The minimum atomic E-state index is -0.630. The van der Waals surface area contributed by atoms with Crippen molar-refractivity contribution in [1.29, 1.82) is 0 Å². The van der Waals surface area contributed by atoms with Crippen molar-refractivity contribution in [2.24, 2.45) is 0 Å². The molecule has 0 N–H and O–H groups in total. The van der Waals surface area contributed by atoms with Crippen LogP contribution in [0.2, 0.25) is 0 Å². The van der Waals surface area contributed by atoms with Gasteiger partial charge in [0.15, 0.2) is 0 Å². The summed E-state index contributed by atoms with van der Waals surface area (Å²) in [5, 5.41) is 0. The summed E-state index contributed by atoms with van der Waals surface area (Å²) >= 11 is 0. The van der Waals surface area contributed by atoms with E-state index in [-0.39, 0.29) is 6.10 Å². The molecule has 0 aromatic heterocycles. The highest BCUT2D eigenvalue weighted by Crippen LogP contribution is 2.23. The van der Waals surface area contributed by atoms with Gasteiger partial charge in [0.25, 0.3) is 0 Å². The van der Waals surface area contributed by atoms with Gasteiger partial charge in [0, 0.05) is 13.5 Å². The summed E-state index contributed by atoms with van der Waals surface area (Å²) in [7, 11) is 2.85. The Kier molecular flexibility index (Phi) is 4.56. The van der Waals surface area contributed by atoms with Crippen LogP contribution < -0.4 is 0 Å². The number of esters is 1. The quantitative estimate of drug-likeness (QED) is 0.697. The summed E-state index contributed by atoms with van der Waals surface area (Å²) in [6.45, 7) is 5.68. The second-order valence-electron chi connectivity index (χ2n) is 5.27. The smallest absolute Gasteiger partial charge is 0.411 e. The summed E-state index contributed by atoms with van der Waals surface area (Å²) in [4.78, 5) is 25.0. The van der Waals surface area contributed by atoms with E-state index in [2.05, 4.69) is 0 Å². The topological polar surface area (TPSA) is 65.1 Å². The Morgan fingerprint density at radius 3 is 2.28 bits per heavy atom. The highest BCUT2D eigenvalue weighted by atomic mass is 16.6. The van der Waals surface area contributed by atoms with Gasteiger partial charge in [-0.3, -0.25) is 4.90 Å². The van der Waals surface area contributed by atoms with Crippen molar-refractivity contribution in [2.45, 2.75) is 44.9 Å². The molecule has 6 nitrogen and oxygen atoms in total. The lowest BCUT2D eigenvalue weighted by atomic mass is 10.2. The zero-order valence-corrected chi connectivity index (χ0v) is 11.6. The summed E-state index contributed by atoms with van der Waals surface area (Å²) < 4.78 is 15.1. The summed E-state index contributed by atoms with van der Waals surface area (Å²) in [5.74, 6) is -0.444. The van der Waals surface area contributed by atoms with E-state index in [0.717, 1.165) is 0 Å². The van der Waals surface area contributed by atoms with E-state index in [1.54, 1.807) is 27.9 Å². The molecule has 104 valence electrons. The molecule has 1 amide bonds. The van der Waals surface area contributed by atoms with Crippen molar-refractivity contribution in [3.63, 3.8) is 0 Å². The first-order valence-corrected chi connectivity index (χ1v) is 5.88. The molecule has 0 radical (unpaired) electrons. The number of hydrogen-bond donors (Lipinski definition) is 0. The zero-order valence-electron chi connectivity index (χ0n) is 11.6. The van der Waals surface area contributed by atoms with Crippen molar-refractivity contribution in [1.82, 2.24) is 4.90 Å². The van der Waals surface area contributed by atoms with Crippen molar-refractivity contribution in [3.8, 4) is 0 Å². The van der Waals surface area contributed by atoms with Crippen LogP contribution in [-0.2, 0) is 19.0 Å². The van der Waals surface area contributed by atoms with Gasteiger partial charge in [-0.1, -0.05) is 0 Å². The first kappa shape index (κ1) is 14.8. The molecule has 1 unspecified atom stereocenters. The Labute approximate surface area is 107 Å². The van der Waals surface area contributed by atoms with E-state index in [9.17, 15) is 9.59 Å². The van der Waals surface area contributed by atoms with Gasteiger partial charge in [0.05, 0.1) is 19.8 Å².